The topological polar surface area (TPSA) is 169 Å². The van der Waals surface area contributed by atoms with Crippen LogP contribution < -0.4 is 0 Å². The van der Waals surface area contributed by atoms with Crippen LogP contribution in [0, 0.1) is 0 Å². The van der Waals surface area contributed by atoms with Gasteiger partial charge in [-0.3, -0.25) is 0 Å². The van der Waals surface area contributed by atoms with Gasteiger partial charge in [-0.2, -0.15) is 0 Å². The Kier molecular flexibility index (Phi) is 6.07. The van der Waals surface area contributed by atoms with Crippen molar-refractivity contribution < 1.29 is 50.0 Å². The third-order valence-corrected chi connectivity index (χ3v) is 3.88. The van der Waals surface area contributed by atoms with Gasteiger partial charge < -0.3 is 50.0 Å². The van der Waals surface area contributed by atoms with Crippen LogP contribution in [-0.2, 0) is 14.2 Å². The second-order valence-corrected chi connectivity index (χ2v) is 5.45. The van der Waals surface area contributed by atoms with E-state index in [-0.39, 0.29) is 13.2 Å². The summed E-state index contributed by atoms with van der Waals surface area (Å²) in [5.41, 5.74) is 0. The van der Waals surface area contributed by atoms with Crippen molar-refractivity contribution >= 4 is 0 Å². The van der Waals surface area contributed by atoms with E-state index in [1.165, 1.54) is 0 Å². The van der Waals surface area contributed by atoms with E-state index in [1.54, 1.807) is 0 Å². The van der Waals surface area contributed by atoms with Crippen LogP contribution in [0.15, 0.2) is 0 Å². The number of hydrogen-bond acceptors (Lipinski definition) is 10. The molecule has 0 unspecified atom stereocenters. The van der Waals surface area contributed by atoms with Crippen molar-refractivity contribution in [3.63, 3.8) is 0 Å². The van der Waals surface area contributed by atoms with E-state index in [4.69, 9.17) is 19.3 Å². The summed E-state index contributed by atoms with van der Waals surface area (Å²) in [5.74, 6) is 0. The number of aliphatic hydroxyl groups is 7. The van der Waals surface area contributed by atoms with Crippen molar-refractivity contribution in [3.8, 4) is 0 Å². The van der Waals surface area contributed by atoms with Crippen LogP contribution in [0.5, 0.6) is 0 Å². The summed E-state index contributed by atoms with van der Waals surface area (Å²) in [6, 6.07) is 0. The molecule has 10 nitrogen and oxygen atoms in total. The maximum atomic E-state index is 9.78. The summed E-state index contributed by atoms with van der Waals surface area (Å²) in [4.78, 5) is 0. The Bertz CT molecular complexity index is 353. The normalized spacial score (nSPS) is 50.0. The average Bonchev–Trinajstić information content (AvgIpc) is 2.51. The molecule has 2 rings (SSSR count). The molecule has 7 N–H and O–H groups in total. The summed E-state index contributed by atoms with van der Waals surface area (Å²) in [6.07, 6.45) is -12.0. The fraction of sp³-hybridized carbons (Fsp3) is 1.00. The van der Waals surface area contributed by atoms with Gasteiger partial charge in [-0.05, 0) is 0 Å². The average molecular weight is 326 g/mol. The molecule has 9 atom stereocenters. The predicted molar refractivity (Wildman–Crippen MR) is 67.5 cm³/mol. The first-order valence-corrected chi connectivity index (χ1v) is 6.94. The van der Waals surface area contributed by atoms with Crippen molar-refractivity contribution in [2.45, 2.75) is 55.1 Å². The highest BCUT2D eigenvalue weighted by molar-refractivity contribution is 4.90. The van der Waals surface area contributed by atoms with E-state index in [2.05, 4.69) is 0 Å². The first-order valence-electron chi connectivity index (χ1n) is 6.94. The fourth-order valence-electron chi connectivity index (χ4n) is 2.41. The minimum Gasteiger partial charge on any atom is -0.394 e. The molecule has 130 valence electrons. The van der Waals surface area contributed by atoms with Crippen LogP contribution in [0.25, 0.3) is 0 Å². The third-order valence-electron chi connectivity index (χ3n) is 3.88. The number of aliphatic hydroxyl groups excluding tert-OH is 7. The van der Waals surface area contributed by atoms with Gasteiger partial charge in [0, 0.05) is 0 Å². The highest BCUT2D eigenvalue weighted by Gasteiger charge is 2.45. The quantitative estimate of drug-likeness (QED) is 0.266. The van der Waals surface area contributed by atoms with Gasteiger partial charge in [-0.1, -0.05) is 0 Å². The summed E-state index contributed by atoms with van der Waals surface area (Å²) < 4.78 is 15.4. The summed E-state index contributed by atoms with van der Waals surface area (Å²) in [5, 5.41) is 66.7. The van der Waals surface area contributed by atoms with Gasteiger partial charge in [0.05, 0.1) is 19.8 Å². The zero-order valence-corrected chi connectivity index (χ0v) is 11.7. The SMILES string of the molecule is OC[C@H]1O[C@H](OC[C@H]2OC[C@@H](O)[C@@H](O)[C@@H]2O)[C@@H](O)[C@@H](O)[C@@H]1O. The second kappa shape index (κ2) is 7.45. The Morgan fingerprint density at radius 2 is 1.45 bits per heavy atom. The molecule has 2 saturated heterocycles. The zero-order valence-electron chi connectivity index (χ0n) is 11.7. The van der Waals surface area contributed by atoms with Crippen LogP contribution in [0.4, 0.5) is 0 Å². The minimum atomic E-state index is -1.57. The van der Waals surface area contributed by atoms with Crippen molar-refractivity contribution in [1.29, 1.82) is 0 Å². The molecule has 0 radical (unpaired) electrons. The lowest BCUT2D eigenvalue weighted by Gasteiger charge is -2.41. The van der Waals surface area contributed by atoms with Gasteiger partial charge in [0.2, 0.25) is 0 Å². The molecule has 0 aromatic heterocycles. The maximum absolute atomic E-state index is 9.78. The summed E-state index contributed by atoms with van der Waals surface area (Å²) >= 11 is 0. The minimum absolute atomic E-state index is 0.194. The standard InChI is InChI=1S/C12H22O10/c13-1-5-8(16)10(18)11(19)12(22-5)21-3-6-9(17)7(15)4(14)2-20-6/h4-19H,1-3H2/t4-,5-,6-,7-,8-,9-,10+,11+,12+/m1/s1. The molecule has 2 heterocycles. The number of hydrogen-bond donors (Lipinski definition) is 7. The lowest BCUT2D eigenvalue weighted by atomic mass is 9.99. The molecule has 0 amide bonds. The van der Waals surface area contributed by atoms with Crippen LogP contribution in [0.3, 0.4) is 0 Å². The van der Waals surface area contributed by atoms with Crippen molar-refractivity contribution in [2.24, 2.45) is 0 Å². The highest BCUT2D eigenvalue weighted by Crippen LogP contribution is 2.23. The predicted octanol–water partition coefficient (Wildman–Crippen LogP) is -4.72. The van der Waals surface area contributed by atoms with Gasteiger partial charge in [0.15, 0.2) is 6.29 Å². The molecule has 0 aromatic carbocycles. The van der Waals surface area contributed by atoms with Crippen LogP contribution in [0.1, 0.15) is 0 Å². The first kappa shape index (κ1) is 17.9. The summed E-state index contributed by atoms with van der Waals surface area (Å²) in [7, 11) is 0. The Labute approximate surface area is 126 Å². The van der Waals surface area contributed by atoms with Crippen molar-refractivity contribution in [1.82, 2.24) is 0 Å². The van der Waals surface area contributed by atoms with Gasteiger partial charge in [0.1, 0.15) is 48.8 Å². The Morgan fingerprint density at radius 1 is 0.818 bits per heavy atom. The largest absolute Gasteiger partial charge is 0.394 e. The molecule has 2 aliphatic rings. The maximum Gasteiger partial charge on any atom is 0.186 e. The zero-order chi connectivity index (χ0) is 16.4. The van der Waals surface area contributed by atoms with E-state index in [0.29, 0.717) is 0 Å². The van der Waals surface area contributed by atoms with Gasteiger partial charge in [0.25, 0.3) is 0 Å². The second-order valence-electron chi connectivity index (χ2n) is 5.45. The van der Waals surface area contributed by atoms with E-state index in [0.717, 1.165) is 0 Å². The molecule has 10 heteroatoms. The van der Waals surface area contributed by atoms with Crippen molar-refractivity contribution in [2.75, 3.05) is 19.8 Å². The van der Waals surface area contributed by atoms with Crippen molar-refractivity contribution in [3.05, 3.63) is 0 Å². The third kappa shape index (κ3) is 3.57. The lowest BCUT2D eigenvalue weighted by Crippen LogP contribution is -2.60. The Hall–Kier alpha value is -0.400. The van der Waals surface area contributed by atoms with Crippen LogP contribution in [-0.4, -0.2) is 111 Å². The molecule has 22 heavy (non-hydrogen) atoms. The van der Waals surface area contributed by atoms with E-state index < -0.39 is 61.7 Å². The number of ether oxygens (including phenoxy) is 3. The Morgan fingerprint density at radius 3 is 2.09 bits per heavy atom. The molecule has 0 bridgehead atoms. The molecule has 2 fully saturated rings. The molecule has 0 saturated carbocycles. The smallest absolute Gasteiger partial charge is 0.186 e. The Balaban J connectivity index is 1.90. The molecule has 2 aliphatic heterocycles. The van der Waals surface area contributed by atoms with E-state index >= 15 is 0 Å². The number of rotatable bonds is 4. The molecular formula is C12H22O10. The summed E-state index contributed by atoms with van der Waals surface area (Å²) in [6.45, 7) is -1.08. The van der Waals surface area contributed by atoms with Gasteiger partial charge in [-0.25, -0.2) is 0 Å². The lowest BCUT2D eigenvalue weighted by molar-refractivity contribution is -0.310. The molecule has 0 spiro atoms. The van der Waals surface area contributed by atoms with Crippen LogP contribution >= 0.6 is 0 Å². The van der Waals surface area contributed by atoms with Crippen LogP contribution in [0.2, 0.25) is 0 Å². The molecular weight excluding hydrogens is 304 g/mol. The first-order chi connectivity index (χ1) is 10.4. The molecule has 0 aromatic rings. The highest BCUT2D eigenvalue weighted by atomic mass is 16.7. The van der Waals surface area contributed by atoms with E-state index in [9.17, 15) is 30.6 Å². The monoisotopic (exact) mass is 326 g/mol. The van der Waals surface area contributed by atoms with Gasteiger partial charge in [-0.15, -0.1) is 0 Å². The molecule has 0 aliphatic carbocycles. The van der Waals surface area contributed by atoms with Gasteiger partial charge >= 0.3 is 0 Å². The fourth-order valence-corrected chi connectivity index (χ4v) is 2.41. The van der Waals surface area contributed by atoms with E-state index in [1.807, 2.05) is 0 Å².